The Morgan fingerprint density at radius 3 is 2.97 bits per heavy atom. The molecule has 2 fully saturated rings. The van der Waals surface area contributed by atoms with Gasteiger partial charge in [-0.05, 0) is 50.3 Å². The van der Waals surface area contributed by atoms with E-state index >= 15 is 0 Å². The molecule has 4 atom stereocenters. The molecule has 162 valence electrons. The minimum atomic E-state index is -0.423. The van der Waals surface area contributed by atoms with Crippen LogP contribution in [0.2, 0.25) is 0 Å². The summed E-state index contributed by atoms with van der Waals surface area (Å²) in [4.78, 5) is 8.56. The normalized spacial score (nSPS) is 28.7. The van der Waals surface area contributed by atoms with Crippen LogP contribution in [0.4, 0.5) is 5.69 Å². The zero-order chi connectivity index (χ0) is 20.5. The summed E-state index contributed by atoms with van der Waals surface area (Å²) in [7, 11) is 0. The van der Waals surface area contributed by atoms with E-state index in [1.807, 2.05) is 0 Å². The number of nitrogens with zero attached hydrogens (tertiary/aromatic N) is 1. The highest BCUT2D eigenvalue weighted by atomic mass is 32.2. The van der Waals surface area contributed by atoms with Crippen molar-refractivity contribution in [3.8, 4) is 0 Å². The zero-order valence-electron chi connectivity index (χ0n) is 17.6. The van der Waals surface area contributed by atoms with Crippen molar-refractivity contribution < 1.29 is 9.84 Å². The van der Waals surface area contributed by atoms with E-state index < -0.39 is 6.10 Å². The van der Waals surface area contributed by atoms with Gasteiger partial charge in [-0.15, -0.1) is 0 Å². The molecule has 3 aliphatic heterocycles. The van der Waals surface area contributed by atoms with Crippen molar-refractivity contribution in [1.82, 2.24) is 10.3 Å². The van der Waals surface area contributed by atoms with Gasteiger partial charge in [0.2, 0.25) is 0 Å². The Labute approximate surface area is 182 Å². The van der Waals surface area contributed by atoms with Gasteiger partial charge in [0.25, 0.3) is 0 Å². The van der Waals surface area contributed by atoms with Crippen molar-refractivity contribution in [2.24, 2.45) is 10.9 Å². The van der Waals surface area contributed by atoms with Crippen LogP contribution in [0.5, 0.6) is 0 Å². The number of aromatic nitrogens is 1. The number of H-pyrrole nitrogens is 1. The molecule has 4 N–H and O–H groups in total. The summed E-state index contributed by atoms with van der Waals surface area (Å²) in [5.74, 6) is 0.672. The van der Waals surface area contributed by atoms with Crippen molar-refractivity contribution in [3.63, 3.8) is 0 Å². The quantitative estimate of drug-likeness (QED) is 0.567. The number of benzene rings is 1. The number of para-hydroxylation sites is 1. The molecular formula is C23H32N4O2S. The average molecular weight is 429 g/mol. The van der Waals surface area contributed by atoms with Crippen LogP contribution in [0, 0.1) is 5.92 Å². The Kier molecular flexibility index (Phi) is 6.05. The van der Waals surface area contributed by atoms with Crippen molar-refractivity contribution in [1.29, 1.82) is 0 Å². The van der Waals surface area contributed by atoms with E-state index in [2.05, 4.69) is 46.8 Å². The molecule has 0 radical (unpaired) electrons. The third-order valence-electron chi connectivity index (χ3n) is 6.71. The van der Waals surface area contributed by atoms with Crippen molar-refractivity contribution in [2.45, 2.75) is 56.0 Å². The van der Waals surface area contributed by atoms with Crippen molar-refractivity contribution in [3.05, 3.63) is 30.0 Å². The SMILES string of the molecule is C[C@@H]1SC(c2cc3cccc(NCC4CCOCC4)c3[nH]2)=NC1C(O)C1CCCN1. The van der Waals surface area contributed by atoms with Crippen molar-refractivity contribution in [2.75, 3.05) is 31.6 Å². The van der Waals surface area contributed by atoms with Gasteiger partial charge in [-0.1, -0.05) is 30.8 Å². The van der Waals surface area contributed by atoms with E-state index in [1.165, 1.54) is 5.39 Å². The molecular weight excluding hydrogens is 396 g/mol. The van der Waals surface area contributed by atoms with E-state index in [4.69, 9.17) is 9.73 Å². The zero-order valence-corrected chi connectivity index (χ0v) is 18.4. The highest BCUT2D eigenvalue weighted by molar-refractivity contribution is 8.15. The number of thioether (sulfide) groups is 1. The lowest BCUT2D eigenvalue weighted by Crippen LogP contribution is -2.44. The highest BCUT2D eigenvalue weighted by Gasteiger charge is 2.38. The number of hydrogen-bond acceptors (Lipinski definition) is 6. The summed E-state index contributed by atoms with van der Waals surface area (Å²) in [5.41, 5.74) is 3.34. The maximum Gasteiger partial charge on any atom is 0.115 e. The second-order valence-electron chi connectivity index (χ2n) is 8.83. The molecule has 6 nitrogen and oxygen atoms in total. The Balaban J connectivity index is 1.34. The Morgan fingerprint density at radius 2 is 2.17 bits per heavy atom. The van der Waals surface area contributed by atoms with Gasteiger partial charge < -0.3 is 25.5 Å². The number of aliphatic hydroxyl groups is 1. The van der Waals surface area contributed by atoms with Crippen LogP contribution in [-0.4, -0.2) is 64.9 Å². The molecule has 2 saturated heterocycles. The summed E-state index contributed by atoms with van der Waals surface area (Å²) < 4.78 is 5.48. The molecule has 0 bridgehead atoms. The predicted molar refractivity (Wildman–Crippen MR) is 125 cm³/mol. The van der Waals surface area contributed by atoms with Gasteiger partial charge in [-0.25, -0.2) is 0 Å². The minimum Gasteiger partial charge on any atom is -0.389 e. The molecule has 1 aromatic carbocycles. The Bertz CT molecular complexity index is 902. The van der Waals surface area contributed by atoms with E-state index in [1.54, 1.807) is 11.8 Å². The summed E-state index contributed by atoms with van der Waals surface area (Å²) in [6.45, 7) is 5.90. The van der Waals surface area contributed by atoms with Crippen LogP contribution in [0.3, 0.4) is 0 Å². The summed E-state index contributed by atoms with van der Waals surface area (Å²) in [6.07, 6.45) is 4.01. The first kappa shape index (κ1) is 20.4. The molecule has 2 aromatic rings. The number of aliphatic imine (C=N–C) groups is 1. The van der Waals surface area contributed by atoms with E-state index in [0.717, 1.165) is 73.9 Å². The van der Waals surface area contributed by atoms with Crippen LogP contribution < -0.4 is 10.6 Å². The number of nitrogens with one attached hydrogen (secondary N) is 3. The topological polar surface area (TPSA) is 81.7 Å². The van der Waals surface area contributed by atoms with Crippen LogP contribution in [0.25, 0.3) is 10.9 Å². The maximum atomic E-state index is 10.8. The smallest absolute Gasteiger partial charge is 0.115 e. The minimum absolute atomic E-state index is 0.0573. The molecule has 0 aliphatic carbocycles. The number of anilines is 1. The van der Waals surface area contributed by atoms with Crippen molar-refractivity contribution >= 4 is 33.4 Å². The number of fused-ring (bicyclic) bond motifs is 1. The fourth-order valence-corrected chi connectivity index (χ4v) is 6.00. The van der Waals surface area contributed by atoms with E-state index in [-0.39, 0.29) is 17.3 Å². The second kappa shape index (κ2) is 8.91. The lowest BCUT2D eigenvalue weighted by molar-refractivity contribution is 0.0699. The molecule has 30 heavy (non-hydrogen) atoms. The fourth-order valence-electron chi connectivity index (χ4n) is 4.87. The second-order valence-corrected chi connectivity index (χ2v) is 10.2. The number of aromatic amines is 1. The number of aliphatic hydroxyl groups excluding tert-OH is 1. The molecule has 3 aliphatic rings. The first-order valence-corrected chi connectivity index (χ1v) is 12.2. The lowest BCUT2D eigenvalue weighted by atomic mass is 10.00. The third-order valence-corrected chi connectivity index (χ3v) is 7.91. The standard InChI is InChI=1S/C23H32N4O2S/c1-14-20(22(28)18-6-3-9-24-18)27-23(30-14)19-12-16-4-2-5-17(21(16)26-19)25-13-15-7-10-29-11-8-15/h2,4-5,12,14-15,18,20,22,24-26,28H,3,6-11,13H2,1H3/t14-,18?,20?,22?/m0/s1. The summed E-state index contributed by atoms with van der Waals surface area (Å²) in [6, 6.07) is 8.70. The summed E-state index contributed by atoms with van der Waals surface area (Å²) >= 11 is 1.77. The molecule has 0 saturated carbocycles. The maximum absolute atomic E-state index is 10.8. The Morgan fingerprint density at radius 1 is 1.30 bits per heavy atom. The van der Waals surface area contributed by atoms with Gasteiger partial charge in [0.15, 0.2) is 0 Å². The summed E-state index contributed by atoms with van der Waals surface area (Å²) in [5, 5.41) is 20.4. The van der Waals surface area contributed by atoms with Crippen LogP contribution in [0.15, 0.2) is 29.3 Å². The molecule has 4 heterocycles. The molecule has 5 rings (SSSR count). The largest absolute Gasteiger partial charge is 0.389 e. The highest BCUT2D eigenvalue weighted by Crippen LogP contribution is 2.35. The van der Waals surface area contributed by atoms with E-state index in [9.17, 15) is 5.11 Å². The van der Waals surface area contributed by atoms with Crippen LogP contribution in [0.1, 0.15) is 38.3 Å². The van der Waals surface area contributed by atoms with Gasteiger partial charge in [0, 0.05) is 36.4 Å². The monoisotopic (exact) mass is 428 g/mol. The van der Waals surface area contributed by atoms with Gasteiger partial charge in [-0.2, -0.15) is 0 Å². The fraction of sp³-hybridized carbons (Fsp3) is 0.609. The lowest BCUT2D eigenvalue weighted by Gasteiger charge is -2.24. The first-order valence-electron chi connectivity index (χ1n) is 11.3. The number of hydrogen-bond donors (Lipinski definition) is 4. The Hall–Kier alpha value is -1.54. The first-order chi connectivity index (χ1) is 14.7. The molecule has 3 unspecified atom stereocenters. The number of rotatable bonds is 6. The number of ether oxygens (including phenoxy) is 1. The molecule has 0 amide bonds. The molecule has 1 aromatic heterocycles. The molecule has 0 spiro atoms. The van der Waals surface area contributed by atoms with E-state index in [0.29, 0.717) is 5.92 Å². The van der Waals surface area contributed by atoms with Crippen LogP contribution in [-0.2, 0) is 4.74 Å². The molecule has 7 heteroatoms. The van der Waals surface area contributed by atoms with Gasteiger partial charge in [-0.3, -0.25) is 4.99 Å². The van der Waals surface area contributed by atoms with Gasteiger partial charge in [0.1, 0.15) is 5.04 Å². The average Bonchev–Trinajstić information content (AvgIpc) is 3.51. The van der Waals surface area contributed by atoms with Gasteiger partial charge in [0.05, 0.1) is 29.0 Å². The predicted octanol–water partition coefficient (Wildman–Crippen LogP) is 3.37. The van der Waals surface area contributed by atoms with Crippen LogP contribution >= 0.6 is 11.8 Å². The van der Waals surface area contributed by atoms with Gasteiger partial charge >= 0.3 is 0 Å². The third kappa shape index (κ3) is 4.13.